The van der Waals surface area contributed by atoms with Gasteiger partial charge in [0.15, 0.2) is 0 Å². The van der Waals surface area contributed by atoms with Crippen molar-refractivity contribution in [2.24, 2.45) is 0 Å². The molecule has 0 aromatic heterocycles. The Hall–Kier alpha value is -0.510. The van der Waals surface area contributed by atoms with Gasteiger partial charge in [-0.1, -0.05) is 24.2 Å². The van der Waals surface area contributed by atoms with Gasteiger partial charge in [-0.2, -0.15) is 0 Å². The fourth-order valence-electron chi connectivity index (χ4n) is 1.00. The second-order valence-corrected chi connectivity index (χ2v) is 4.30. The molecule has 0 heterocycles. The van der Waals surface area contributed by atoms with Gasteiger partial charge in [-0.3, -0.25) is 0 Å². The molecule has 0 saturated carbocycles. The Morgan fingerprint density at radius 2 is 2.29 bits per heavy atom. The van der Waals surface area contributed by atoms with Gasteiger partial charge in [0.25, 0.3) is 0 Å². The Kier molecular flexibility index (Phi) is 4.45. The van der Waals surface area contributed by atoms with Crippen LogP contribution in [0.1, 0.15) is 5.56 Å². The first kappa shape index (κ1) is 11.6. The Morgan fingerprint density at radius 3 is 2.86 bits per heavy atom. The van der Waals surface area contributed by atoms with Crippen molar-refractivity contribution >= 4 is 27.5 Å². The summed E-state index contributed by atoms with van der Waals surface area (Å²) >= 11 is 8.84. The zero-order chi connectivity index (χ0) is 10.6. The van der Waals surface area contributed by atoms with Crippen molar-refractivity contribution < 1.29 is 5.11 Å². The molecule has 1 aromatic carbocycles. The van der Waals surface area contributed by atoms with E-state index < -0.39 is 0 Å². The van der Waals surface area contributed by atoms with Crippen molar-refractivity contribution in [3.8, 4) is 5.75 Å². The normalized spacial score (nSPS) is 10.1. The van der Waals surface area contributed by atoms with Gasteiger partial charge in [-0.25, -0.2) is 0 Å². The standard InChI is InChI=1S/C10H11BrClNO/c1-7(12)5-13-6-8-2-3-10(14)9(11)4-8/h2-4,13-14H,1,5-6H2. The van der Waals surface area contributed by atoms with Gasteiger partial charge in [0.05, 0.1) is 4.47 Å². The van der Waals surface area contributed by atoms with Crippen molar-refractivity contribution in [1.82, 2.24) is 5.32 Å². The van der Waals surface area contributed by atoms with E-state index in [-0.39, 0.29) is 5.75 Å². The van der Waals surface area contributed by atoms with Crippen LogP contribution in [0.5, 0.6) is 5.75 Å². The number of benzene rings is 1. The van der Waals surface area contributed by atoms with Crippen molar-refractivity contribution in [3.63, 3.8) is 0 Å². The molecule has 0 atom stereocenters. The topological polar surface area (TPSA) is 32.3 Å². The second-order valence-electron chi connectivity index (χ2n) is 2.91. The maximum atomic E-state index is 9.25. The van der Waals surface area contributed by atoms with Gasteiger partial charge >= 0.3 is 0 Å². The lowest BCUT2D eigenvalue weighted by Gasteiger charge is -2.04. The SMILES string of the molecule is C=C(Cl)CNCc1ccc(O)c(Br)c1. The molecular weight excluding hydrogens is 265 g/mol. The van der Waals surface area contributed by atoms with E-state index in [9.17, 15) is 5.11 Å². The molecule has 0 amide bonds. The fraction of sp³-hybridized carbons (Fsp3) is 0.200. The summed E-state index contributed by atoms with van der Waals surface area (Å²) < 4.78 is 0.696. The van der Waals surface area contributed by atoms with E-state index in [1.54, 1.807) is 6.07 Å². The van der Waals surface area contributed by atoms with Crippen molar-refractivity contribution in [2.45, 2.75) is 6.54 Å². The van der Waals surface area contributed by atoms with Crippen molar-refractivity contribution in [3.05, 3.63) is 39.8 Å². The average molecular weight is 277 g/mol. The first-order valence-electron chi connectivity index (χ1n) is 4.11. The molecule has 2 nitrogen and oxygen atoms in total. The van der Waals surface area contributed by atoms with Gasteiger partial charge in [0.2, 0.25) is 0 Å². The monoisotopic (exact) mass is 275 g/mol. The summed E-state index contributed by atoms with van der Waals surface area (Å²) in [6.45, 7) is 4.85. The molecule has 0 radical (unpaired) electrons. The number of phenols is 1. The van der Waals surface area contributed by atoms with E-state index in [0.29, 0.717) is 22.6 Å². The van der Waals surface area contributed by atoms with Crippen LogP contribution in [0.3, 0.4) is 0 Å². The van der Waals surface area contributed by atoms with Crippen molar-refractivity contribution in [2.75, 3.05) is 6.54 Å². The number of nitrogens with one attached hydrogen (secondary N) is 1. The van der Waals surface area contributed by atoms with Crippen LogP contribution in [0.25, 0.3) is 0 Å². The third-order valence-electron chi connectivity index (χ3n) is 1.66. The Labute approximate surface area is 96.7 Å². The average Bonchev–Trinajstić information content (AvgIpc) is 2.10. The van der Waals surface area contributed by atoms with Crippen LogP contribution < -0.4 is 5.32 Å². The molecule has 0 aliphatic rings. The predicted octanol–water partition coefficient (Wildman–Crippen LogP) is 3.00. The highest BCUT2D eigenvalue weighted by Crippen LogP contribution is 2.24. The largest absolute Gasteiger partial charge is 0.507 e. The first-order valence-corrected chi connectivity index (χ1v) is 5.28. The summed E-state index contributed by atoms with van der Waals surface area (Å²) in [5, 5.41) is 13.0. The molecule has 1 aromatic rings. The van der Waals surface area contributed by atoms with Gasteiger partial charge in [-0.15, -0.1) is 0 Å². The van der Waals surface area contributed by atoms with E-state index in [1.165, 1.54) is 0 Å². The van der Waals surface area contributed by atoms with Crippen LogP contribution in [0.2, 0.25) is 0 Å². The molecule has 0 aliphatic carbocycles. The number of rotatable bonds is 4. The van der Waals surface area contributed by atoms with Crippen LogP contribution in [0, 0.1) is 0 Å². The van der Waals surface area contributed by atoms with E-state index in [2.05, 4.69) is 27.8 Å². The molecule has 76 valence electrons. The van der Waals surface area contributed by atoms with E-state index in [1.807, 2.05) is 12.1 Å². The highest BCUT2D eigenvalue weighted by Gasteiger charge is 1.99. The van der Waals surface area contributed by atoms with Gasteiger partial charge in [-0.05, 0) is 33.6 Å². The van der Waals surface area contributed by atoms with E-state index in [4.69, 9.17) is 11.6 Å². The minimum Gasteiger partial charge on any atom is -0.507 e. The summed E-state index contributed by atoms with van der Waals surface area (Å²) in [7, 11) is 0. The maximum Gasteiger partial charge on any atom is 0.129 e. The quantitative estimate of drug-likeness (QED) is 0.886. The molecular formula is C10H11BrClNO. The number of halogens is 2. The molecule has 0 spiro atoms. The van der Waals surface area contributed by atoms with Crippen LogP contribution in [-0.4, -0.2) is 11.7 Å². The molecule has 14 heavy (non-hydrogen) atoms. The Morgan fingerprint density at radius 1 is 1.57 bits per heavy atom. The Bertz CT molecular complexity index is 341. The second kappa shape index (κ2) is 5.39. The summed E-state index contributed by atoms with van der Waals surface area (Å²) in [6.07, 6.45) is 0. The van der Waals surface area contributed by atoms with Crippen LogP contribution in [0.15, 0.2) is 34.3 Å². The van der Waals surface area contributed by atoms with E-state index in [0.717, 1.165) is 5.56 Å². The molecule has 0 fully saturated rings. The van der Waals surface area contributed by atoms with Crippen LogP contribution >= 0.6 is 27.5 Å². The van der Waals surface area contributed by atoms with E-state index >= 15 is 0 Å². The highest BCUT2D eigenvalue weighted by molar-refractivity contribution is 9.10. The first-order chi connectivity index (χ1) is 6.59. The minimum absolute atomic E-state index is 0.246. The molecule has 0 bridgehead atoms. The van der Waals surface area contributed by atoms with Crippen LogP contribution in [-0.2, 0) is 6.54 Å². The summed E-state index contributed by atoms with van der Waals surface area (Å²) in [6, 6.07) is 5.36. The van der Waals surface area contributed by atoms with Crippen molar-refractivity contribution in [1.29, 1.82) is 0 Å². The number of hydrogen-bond acceptors (Lipinski definition) is 2. The third kappa shape index (κ3) is 3.70. The third-order valence-corrected chi connectivity index (χ3v) is 2.43. The molecule has 0 unspecified atom stereocenters. The van der Waals surface area contributed by atoms with Gasteiger partial charge < -0.3 is 10.4 Å². The lowest BCUT2D eigenvalue weighted by Crippen LogP contribution is -2.14. The summed E-state index contributed by atoms with van der Waals surface area (Å²) in [4.78, 5) is 0. The predicted molar refractivity (Wildman–Crippen MR) is 62.5 cm³/mol. The lowest BCUT2D eigenvalue weighted by molar-refractivity contribution is 0.471. The zero-order valence-electron chi connectivity index (χ0n) is 7.56. The molecule has 0 saturated heterocycles. The number of hydrogen-bond donors (Lipinski definition) is 2. The summed E-state index contributed by atoms with van der Waals surface area (Å²) in [5.41, 5.74) is 1.08. The smallest absolute Gasteiger partial charge is 0.129 e. The maximum absolute atomic E-state index is 9.25. The minimum atomic E-state index is 0.246. The molecule has 1 rings (SSSR count). The van der Waals surface area contributed by atoms with Crippen LogP contribution in [0.4, 0.5) is 0 Å². The number of aromatic hydroxyl groups is 1. The zero-order valence-corrected chi connectivity index (χ0v) is 9.90. The Balaban J connectivity index is 2.51. The molecule has 4 heteroatoms. The van der Waals surface area contributed by atoms with Gasteiger partial charge in [0.1, 0.15) is 5.75 Å². The summed E-state index contributed by atoms with van der Waals surface area (Å²) in [5.74, 6) is 0.246. The molecule has 0 aliphatic heterocycles. The van der Waals surface area contributed by atoms with Gasteiger partial charge in [0, 0.05) is 18.1 Å². The lowest BCUT2D eigenvalue weighted by atomic mass is 10.2. The molecule has 2 N–H and O–H groups in total. The number of phenolic OH excluding ortho intramolecular Hbond substituents is 1. The fourth-order valence-corrected chi connectivity index (χ4v) is 1.52. The highest BCUT2D eigenvalue weighted by atomic mass is 79.9.